The van der Waals surface area contributed by atoms with Crippen molar-refractivity contribution in [2.45, 2.75) is 37.3 Å². The van der Waals surface area contributed by atoms with Crippen LogP contribution in [0.3, 0.4) is 0 Å². The molecule has 0 aliphatic heterocycles. The normalized spacial score (nSPS) is 13.1. The van der Waals surface area contributed by atoms with Crippen molar-refractivity contribution in [2.75, 3.05) is 17.7 Å². The molecule has 12 heteroatoms. The number of nitrogens with zero attached hydrogens (tertiary/aromatic N) is 2. The lowest BCUT2D eigenvalue weighted by atomic mass is 10.0. The summed E-state index contributed by atoms with van der Waals surface area (Å²) in [6.45, 7) is 5.09. The highest BCUT2D eigenvalue weighted by molar-refractivity contribution is 9.10. The van der Waals surface area contributed by atoms with Crippen LogP contribution in [-0.2, 0) is 10.0 Å². The van der Waals surface area contributed by atoms with Gasteiger partial charge < -0.3 is 20.5 Å². The first-order chi connectivity index (χ1) is 12.8. The van der Waals surface area contributed by atoms with E-state index < -0.39 is 26.3 Å². The first kappa shape index (κ1) is 22.3. The molecule has 1 heterocycles. The number of hydrogen-bond acceptors (Lipinski definition) is 8. The summed E-state index contributed by atoms with van der Waals surface area (Å²) in [5.41, 5.74) is -0.844. The van der Waals surface area contributed by atoms with E-state index in [1.54, 1.807) is 20.8 Å². The molecule has 5 N–H and O–H groups in total. The molecule has 0 aliphatic rings. The van der Waals surface area contributed by atoms with Crippen molar-refractivity contribution in [3.8, 4) is 5.75 Å². The Bertz CT molecular complexity index is 982. The van der Waals surface area contributed by atoms with Crippen molar-refractivity contribution in [1.29, 1.82) is 0 Å². The molecule has 0 unspecified atom stereocenters. The number of halogens is 2. The van der Waals surface area contributed by atoms with Crippen LogP contribution in [0.5, 0.6) is 5.75 Å². The highest BCUT2D eigenvalue weighted by atomic mass is 79.9. The van der Waals surface area contributed by atoms with Gasteiger partial charge in [-0.25, -0.2) is 22.9 Å². The van der Waals surface area contributed by atoms with Crippen molar-refractivity contribution in [3.05, 3.63) is 28.6 Å². The predicted molar refractivity (Wildman–Crippen MR) is 107 cm³/mol. The van der Waals surface area contributed by atoms with Gasteiger partial charge in [0.1, 0.15) is 17.4 Å². The van der Waals surface area contributed by atoms with Gasteiger partial charge in [-0.2, -0.15) is 4.98 Å². The van der Waals surface area contributed by atoms with E-state index in [1.807, 2.05) is 0 Å². The van der Waals surface area contributed by atoms with Gasteiger partial charge in [0, 0.05) is 18.0 Å². The quantitative estimate of drug-likeness (QED) is 0.476. The van der Waals surface area contributed by atoms with E-state index in [0.717, 1.165) is 6.07 Å². The van der Waals surface area contributed by atoms with Crippen molar-refractivity contribution in [3.63, 3.8) is 0 Å². The number of aromatic nitrogens is 2. The minimum Gasteiger partial charge on any atom is -0.495 e. The zero-order chi connectivity index (χ0) is 21.3. The molecule has 0 saturated heterocycles. The minimum atomic E-state index is -4.30. The van der Waals surface area contributed by atoms with Crippen molar-refractivity contribution in [2.24, 2.45) is 5.14 Å². The number of primary sulfonamides is 1. The van der Waals surface area contributed by atoms with Gasteiger partial charge in [0.15, 0.2) is 4.90 Å². The van der Waals surface area contributed by atoms with Crippen LogP contribution in [0.4, 0.5) is 21.8 Å². The Balaban J connectivity index is 2.36. The highest BCUT2D eigenvalue weighted by Gasteiger charge is 2.24. The lowest BCUT2D eigenvalue weighted by molar-refractivity contribution is 0.0647. The molecule has 1 aromatic heterocycles. The summed E-state index contributed by atoms with van der Waals surface area (Å²) in [6.07, 6.45) is 1.47. The third kappa shape index (κ3) is 5.28. The van der Waals surface area contributed by atoms with E-state index in [4.69, 9.17) is 9.88 Å². The SMILES string of the molecule is COc1cc(Nc2ncc(Br)c(N[C@H](C)C(C)(C)O)n2)cc(F)c1S(N)(=O)=O. The maximum Gasteiger partial charge on any atom is 0.244 e. The lowest BCUT2D eigenvalue weighted by Gasteiger charge is -2.27. The zero-order valence-corrected chi connectivity index (χ0v) is 18.0. The summed E-state index contributed by atoms with van der Waals surface area (Å²) in [5.74, 6) is -0.814. The molecule has 1 atom stereocenters. The first-order valence-corrected chi connectivity index (χ1v) is 10.4. The number of nitrogens with one attached hydrogen (secondary N) is 2. The second-order valence-corrected chi connectivity index (χ2v) is 8.92. The van der Waals surface area contributed by atoms with E-state index >= 15 is 0 Å². The molecule has 2 rings (SSSR count). The molecule has 9 nitrogen and oxygen atoms in total. The topological polar surface area (TPSA) is 139 Å². The molecular formula is C16H21BrFN5O4S. The van der Waals surface area contributed by atoms with Crippen LogP contribution in [0.1, 0.15) is 20.8 Å². The third-order valence-electron chi connectivity index (χ3n) is 3.93. The van der Waals surface area contributed by atoms with Gasteiger partial charge >= 0.3 is 0 Å². The second-order valence-electron chi connectivity index (χ2n) is 6.57. The van der Waals surface area contributed by atoms with Crippen LogP contribution >= 0.6 is 15.9 Å². The Morgan fingerprint density at radius 2 is 2.04 bits per heavy atom. The number of aliphatic hydroxyl groups is 1. The van der Waals surface area contributed by atoms with Crippen molar-refractivity contribution < 1.29 is 22.7 Å². The van der Waals surface area contributed by atoms with E-state index in [-0.39, 0.29) is 23.4 Å². The van der Waals surface area contributed by atoms with Crippen molar-refractivity contribution >= 4 is 43.4 Å². The molecular weight excluding hydrogens is 457 g/mol. The largest absolute Gasteiger partial charge is 0.495 e. The Morgan fingerprint density at radius 3 is 2.57 bits per heavy atom. The van der Waals surface area contributed by atoms with E-state index in [0.29, 0.717) is 10.3 Å². The van der Waals surface area contributed by atoms with Crippen LogP contribution in [-0.4, -0.2) is 42.2 Å². The van der Waals surface area contributed by atoms with E-state index in [2.05, 4.69) is 36.5 Å². The summed E-state index contributed by atoms with van der Waals surface area (Å²) in [4.78, 5) is 7.62. The van der Waals surface area contributed by atoms with Gasteiger partial charge in [-0.1, -0.05) is 0 Å². The van der Waals surface area contributed by atoms with Gasteiger partial charge in [-0.15, -0.1) is 0 Å². The number of methoxy groups -OCH3 is 1. The number of ether oxygens (including phenoxy) is 1. The Kier molecular flexibility index (Phi) is 6.48. The predicted octanol–water partition coefficient (Wildman–Crippen LogP) is 2.35. The molecule has 1 aromatic carbocycles. The molecule has 0 bridgehead atoms. The summed E-state index contributed by atoms with van der Waals surface area (Å²) >= 11 is 3.32. The van der Waals surface area contributed by atoms with Crippen LogP contribution < -0.4 is 20.5 Å². The Labute approximate surface area is 170 Å². The smallest absolute Gasteiger partial charge is 0.244 e. The summed E-state index contributed by atoms with van der Waals surface area (Å²) in [5, 5.41) is 20.9. The van der Waals surface area contributed by atoms with Crippen LogP contribution in [0.2, 0.25) is 0 Å². The van der Waals surface area contributed by atoms with Crippen molar-refractivity contribution in [1.82, 2.24) is 9.97 Å². The van der Waals surface area contributed by atoms with Crippen LogP contribution in [0, 0.1) is 5.82 Å². The molecule has 28 heavy (non-hydrogen) atoms. The van der Waals surface area contributed by atoms with Gasteiger partial charge in [0.2, 0.25) is 16.0 Å². The van der Waals surface area contributed by atoms with Crippen LogP contribution in [0.25, 0.3) is 0 Å². The molecule has 154 valence electrons. The standard InChI is InChI=1S/C16H21BrFN5O4S/c1-8(16(2,3)24)21-14-10(17)7-20-15(23-14)22-9-5-11(18)13(28(19,25)26)12(6-9)27-4/h5-8,24H,1-4H3,(H2,19,25,26)(H2,20,21,22,23)/t8-/m1/s1. The monoisotopic (exact) mass is 477 g/mol. The number of rotatable bonds is 7. The minimum absolute atomic E-state index is 0.110. The fourth-order valence-electron chi connectivity index (χ4n) is 2.11. The summed E-state index contributed by atoms with van der Waals surface area (Å²) < 4.78 is 42.9. The maximum atomic E-state index is 14.3. The van der Waals surface area contributed by atoms with Gasteiger partial charge in [0.05, 0.1) is 23.2 Å². The molecule has 0 fully saturated rings. The van der Waals surface area contributed by atoms with Crippen LogP contribution in [0.15, 0.2) is 27.7 Å². The average Bonchev–Trinajstić information content (AvgIpc) is 2.55. The number of nitrogens with two attached hydrogens (primary N) is 1. The number of sulfonamides is 1. The Morgan fingerprint density at radius 1 is 1.39 bits per heavy atom. The molecule has 0 saturated carbocycles. The highest BCUT2D eigenvalue weighted by Crippen LogP contribution is 2.31. The lowest BCUT2D eigenvalue weighted by Crippen LogP contribution is -2.39. The molecule has 0 aliphatic carbocycles. The van der Waals surface area contributed by atoms with Gasteiger partial charge in [0.25, 0.3) is 0 Å². The average molecular weight is 478 g/mol. The fraction of sp³-hybridized carbons (Fsp3) is 0.375. The number of hydrogen-bond donors (Lipinski definition) is 4. The number of benzene rings is 1. The van der Waals surface area contributed by atoms with Gasteiger partial charge in [-0.3, -0.25) is 0 Å². The summed E-state index contributed by atoms with van der Waals surface area (Å²) in [6, 6.07) is 1.87. The molecule has 0 amide bonds. The molecule has 0 radical (unpaired) electrons. The first-order valence-electron chi connectivity index (χ1n) is 8.01. The van der Waals surface area contributed by atoms with E-state index in [1.165, 1.54) is 19.4 Å². The maximum absolute atomic E-state index is 14.3. The molecule has 0 spiro atoms. The third-order valence-corrected chi connectivity index (χ3v) is 5.47. The summed E-state index contributed by atoms with van der Waals surface area (Å²) in [7, 11) is -3.11. The van der Waals surface area contributed by atoms with E-state index in [9.17, 15) is 17.9 Å². The fourth-order valence-corrected chi connectivity index (χ4v) is 3.17. The van der Waals surface area contributed by atoms with Gasteiger partial charge in [-0.05, 0) is 42.8 Å². The number of anilines is 3. The molecule has 2 aromatic rings. The second kappa shape index (κ2) is 8.15. The zero-order valence-electron chi connectivity index (χ0n) is 15.6. The Hall–Kier alpha value is -2.02.